The maximum atomic E-state index is 5.63. The van der Waals surface area contributed by atoms with Crippen LogP contribution in [0.3, 0.4) is 0 Å². The molecule has 2 rings (SSSR count). The Kier molecular flexibility index (Phi) is 3.72. The second-order valence-electron chi connectivity index (χ2n) is 3.53. The Morgan fingerprint density at radius 2 is 2.00 bits per heavy atom. The molecule has 0 spiro atoms. The highest BCUT2D eigenvalue weighted by Crippen LogP contribution is 2.22. The summed E-state index contributed by atoms with van der Waals surface area (Å²) in [5.74, 6) is 0.703. The predicted molar refractivity (Wildman–Crippen MR) is 63.7 cm³/mol. The summed E-state index contributed by atoms with van der Waals surface area (Å²) in [5, 5.41) is 2.21. The molecule has 3 heteroatoms. The molecule has 1 aromatic heterocycles. The fourth-order valence-corrected chi connectivity index (χ4v) is 1.58. The smallest absolute Gasteiger partial charge is 0.221 e. The zero-order valence-corrected chi connectivity index (χ0v) is 9.35. The quantitative estimate of drug-likeness (QED) is 0.721. The summed E-state index contributed by atoms with van der Waals surface area (Å²) in [5.41, 5.74) is 0. The van der Waals surface area contributed by atoms with Crippen molar-refractivity contribution < 1.29 is 9.47 Å². The highest BCUT2D eigenvalue weighted by Gasteiger charge is 2.01. The first-order chi connectivity index (χ1) is 7.92. The van der Waals surface area contributed by atoms with Gasteiger partial charge >= 0.3 is 0 Å². The molecule has 16 heavy (non-hydrogen) atoms. The van der Waals surface area contributed by atoms with Gasteiger partial charge in [0.2, 0.25) is 5.88 Å². The molecule has 0 saturated carbocycles. The van der Waals surface area contributed by atoms with E-state index in [0.29, 0.717) is 19.1 Å². The highest BCUT2D eigenvalue weighted by molar-refractivity contribution is 5.86. The standard InChI is InChI=1S/C13H15NO2/c1-15-9-4-10-16-13-12-6-3-2-5-11(12)7-8-14-13/h2-3,5-8H,4,9-10H2,1H3. The SMILES string of the molecule is COCCCOc1nccc2ccccc12. The van der Waals surface area contributed by atoms with E-state index in [9.17, 15) is 0 Å². The fourth-order valence-electron chi connectivity index (χ4n) is 1.58. The van der Waals surface area contributed by atoms with E-state index in [1.165, 1.54) is 0 Å². The van der Waals surface area contributed by atoms with Crippen LogP contribution >= 0.6 is 0 Å². The average molecular weight is 217 g/mol. The molecule has 1 heterocycles. The molecule has 1 aromatic carbocycles. The van der Waals surface area contributed by atoms with E-state index >= 15 is 0 Å². The molecule has 0 aliphatic heterocycles. The molecular formula is C13H15NO2. The van der Waals surface area contributed by atoms with E-state index in [4.69, 9.17) is 9.47 Å². The van der Waals surface area contributed by atoms with Crippen LogP contribution in [0.25, 0.3) is 10.8 Å². The second-order valence-corrected chi connectivity index (χ2v) is 3.53. The van der Waals surface area contributed by atoms with Crippen molar-refractivity contribution in [3.8, 4) is 5.88 Å². The molecule has 0 amide bonds. The van der Waals surface area contributed by atoms with E-state index < -0.39 is 0 Å². The second kappa shape index (κ2) is 5.47. The Balaban J connectivity index is 2.11. The van der Waals surface area contributed by atoms with Crippen molar-refractivity contribution >= 4 is 10.8 Å². The third-order valence-corrected chi connectivity index (χ3v) is 2.37. The molecule has 0 radical (unpaired) electrons. The minimum atomic E-state index is 0.634. The maximum Gasteiger partial charge on any atom is 0.221 e. The van der Waals surface area contributed by atoms with Gasteiger partial charge in [-0.25, -0.2) is 4.98 Å². The number of benzene rings is 1. The minimum absolute atomic E-state index is 0.634. The molecule has 0 atom stereocenters. The zero-order chi connectivity index (χ0) is 11.2. The van der Waals surface area contributed by atoms with Crippen molar-refractivity contribution in [3.05, 3.63) is 36.5 Å². The molecule has 0 fully saturated rings. The fraction of sp³-hybridized carbons (Fsp3) is 0.308. The summed E-state index contributed by atoms with van der Waals surface area (Å²) in [7, 11) is 1.69. The van der Waals surface area contributed by atoms with Crippen LogP contribution in [0, 0.1) is 0 Å². The molecule has 0 unspecified atom stereocenters. The average Bonchev–Trinajstić information content (AvgIpc) is 2.35. The van der Waals surface area contributed by atoms with Crippen LogP contribution in [0.4, 0.5) is 0 Å². The maximum absolute atomic E-state index is 5.63. The number of hydrogen-bond donors (Lipinski definition) is 0. The number of aromatic nitrogens is 1. The van der Waals surface area contributed by atoms with Gasteiger partial charge in [-0.1, -0.05) is 18.2 Å². The van der Waals surface area contributed by atoms with Gasteiger partial charge in [0.05, 0.1) is 6.61 Å². The summed E-state index contributed by atoms with van der Waals surface area (Å²) < 4.78 is 10.6. The van der Waals surface area contributed by atoms with Crippen molar-refractivity contribution in [2.45, 2.75) is 6.42 Å². The molecule has 0 bridgehead atoms. The number of methoxy groups -OCH3 is 1. The van der Waals surface area contributed by atoms with Crippen molar-refractivity contribution in [2.75, 3.05) is 20.3 Å². The molecule has 0 N–H and O–H groups in total. The third-order valence-electron chi connectivity index (χ3n) is 2.37. The number of nitrogens with zero attached hydrogens (tertiary/aromatic N) is 1. The first-order valence-corrected chi connectivity index (χ1v) is 5.37. The highest BCUT2D eigenvalue weighted by atomic mass is 16.5. The Bertz CT molecular complexity index is 451. The van der Waals surface area contributed by atoms with Gasteiger partial charge in [0.1, 0.15) is 0 Å². The van der Waals surface area contributed by atoms with Crippen LogP contribution in [0.5, 0.6) is 5.88 Å². The van der Waals surface area contributed by atoms with Gasteiger partial charge in [0, 0.05) is 31.7 Å². The Hall–Kier alpha value is -1.61. The van der Waals surface area contributed by atoms with Gasteiger partial charge in [-0.05, 0) is 17.5 Å². The van der Waals surface area contributed by atoms with Gasteiger partial charge in [-0.2, -0.15) is 0 Å². The van der Waals surface area contributed by atoms with Crippen LogP contribution in [0.2, 0.25) is 0 Å². The van der Waals surface area contributed by atoms with Crippen LogP contribution < -0.4 is 4.74 Å². The number of fused-ring (bicyclic) bond motifs is 1. The van der Waals surface area contributed by atoms with E-state index in [0.717, 1.165) is 17.2 Å². The lowest BCUT2D eigenvalue weighted by Gasteiger charge is -2.07. The first kappa shape index (κ1) is 10.9. The molecule has 84 valence electrons. The monoisotopic (exact) mass is 217 g/mol. The molecule has 3 nitrogen and oxygen atoms in total. The minimum Gasteiger partial charge on any atom is -0.477 e. The lowest BCUT2D eigenvalue weighted by atomic mass is 10.2. The first-order valence-electron chi connectivity index (χ1n) is 5.37. The van der Waals surface area contributed by atoms with E-state index in [1.807, 2.05) is 24.3 Å². The van der Waals surface area contributed by atoms with Crippen molar-refractivity contribution in [1.82, 2.24) is 4.98 Å². The molecule has 0 aliphatic rings. The summed E-state index contributed by atoms with van der Waals surface area (Å²) in [4.78, 5) is 4.24. The van der Waals surface area contributed by atoms with Gasteiger partial charge in [0.15, 0.2) is 0 Å². The van der Waals surface area contributed by atoms with Crippen LogP contribution in [-0.2, 0) is 4.74 Å². The zero-order valence-electron chi connectivity index (χ0n) is 9.35. The van der Waals surface area contributed by atoms with Gasteiger partial charge in [-0.15, -0.1) is 0 Å². The van der Waals surface area contributed by atoms with Crippen LogP contribution in [-0.4, -0.2) is 25.3 Å². The molecule has 0 aliphatic carbocycles. The largest absolute Gasteiger partial charge is 0.477 e. The molecule has 2 aromatic rings. The third kappa shape index (κ3) is 2.49. The van der Waals surface area contributed by atoms with E-state index in [-0.39, 0.29) is 0 Å². The predicted octanol–water partition coefficient (Wildman–Crippen LogP) is 2.65. The number of rotatable bonds is 5. The lowest BCUT2D eigenvalue weighted by molar-refractivity contribution is 0.171. The van der Waals surface area contributed by atoms with Crippen LogP contribution in [0.15, 0.2) is 36.5 Å². The van der Waals surface area contributed by atoms with Gasteiger partial charge in [0.25, 0.3) is 0 Å². The number of hydrogen-bond acceptors (Lipinski definition) is 3. The van der Waals surface area contributed by atoms with Gasteiger partial charge < -0.3 is 9.47 Å². The Labute approximate surface area is 95.0 Å². The molecule has 0 saturated heterocycles. The topological polar surface area (TPSA) is 31.4 Å². The Morgan fingerprint density at radius 1 is 1.12 bits per heavy atom. The Morgan fingerprint density at radius 3 is 2.88 bits per heavy atom. The van der Waals surface area contributed by atoms with Crippen molar-refractivity contribution in [1.29, 1.82) is 0 Å². The molecular weight excluding hydrogens is 202 g/mol. The van der Waals surface area contributed by atoms with Crippen molar-refractivity contribution in [3.63, 3.8) is 0 Å². The normalized spacial score (nSPS) is 10.6. The van der Waals surface area contributed by atoms with Gasteiger partial charge in [-0.3, -0.25) is 0 Å². The van der Waals surface area contributed by atoms with E-state index in [1.54, 1.807) is 13.3 Å². The summed E-state index contributed by atoms with van der Waals surface area (Å²) in [6.45, 7) is 1.35. The van der Waals surface area contributed by atoms with Crippen molar-refractivity contribution in [2.24, 2.45) is 0 Å². The van der Waals surface area contributed by atoms with E-state index in [2.05, 4.69) is 11.1 Å². The number of pyridine rings is 1. The number of ether oxygens (including phenoxy) is 2. The van der Waals surface area contributed by atoms with Crippen LogP contribution in [0.1, 0.15) is 6.42 Å². The summed E-state index contributed by atoms with van der Waals surface area (Å²) in [6, 6.07) is 10.1. The summed E-state index contributed by atoms with van der Waals surface area (Å²) >= 11 is 0. The lowest BCUT2D eigenvalue weighted by Crippen LogP contribution is -2.02. The summed E-state index contributed by atoms with van der Waals surface area (Å²) in [6.07, 6.45) is 2.65.